The van der Waals surface area contributed by atoms with Crippen molar-refractivity contribution in [2.75, 3.05) is 19.6 Å². The molecule has 20 heavy (non-hydrogen) atoms. The van der Waals surface area contributed by atoms with E-state index in [0.29, 0.717) is 11.5 Å². The highest BCUT2D eigenvalue weighted by Crippen LogP contribution is 2.37. The Morgan fingerprint density at radius 2 is 2.05 bits per heavy atom. The Bertz CT molecular complexity index is 352. The SMILES string of the molecule is CCC1(CC)CCN(CCCC(C)(C#N)NC2CC2)C1. The van der Waals surface area contributed by atoms with Gasteiger partial charge in [0.1, 0.15) is 5.54 Å². The molecule has 0 aromatic rings. The van der Waals surface area contributed by atoms with E-state index in [9.17, 15) is 5.26 Å². The summed E-state index contributed by atoms with van der Waals surface area (Å²) in [5.41, 5.74) is 0.262. The van der Waals surface area contributed by atoms with E-state index in [4.69, 9.17) is 0 Å². The quantitative estimate of drug-likeness (QED) is 0.740. The number of hydrogen-bond acceptors (Lipinski definition) is 3. The Kier molecular flexibility index (Phi) is 5.09. The van der Waals surface area contributed by atoms with E-state index in [0.717, 1.165) is 19.4 Å². The minimum atomic E-state index is -0.312. The highest BCUT2D eigenvalue weighted by atomic mass is 15.2. The second-order valence-corrected chi connectivity index (χ2v) is 7.20. The fourth-order valence-corrected chi connectivity index (χ4v) is 3.54. The lowest BCUT2D eigenvalue weighted by Gasteiger charge is -2.27. The molecule has 1 N–H and O–H groups in total. The van der Waals surface area contributed by atoms with Gasteiger partial charge in [-0.05, 0) is 70.4 Å². The van der Waals surface area contributed by atoms with Crippen LogP contribution in [-0.4, -0.2) is 36.1 Å². The van der Waals surface area contributed by atoms with E-state index in [1.165, 1.54) is 45.2 Å². The Morgan fingerprint density at radius 3 is 2.55 bits per heavy atom. The van der Waals surface area contributed by atoms with Crippen molar-refractivity contribution in [2.45, 2.75) is 77.3 Å². The van der Waals surface area contributed by atoms with Gasteiger partial charge in [0.15, 0.2) is 0 Å². The van der Waals surface area contributed by atoms with Gasteiger partial charge in [-0.2, -0.15) is 5.26 Å². The van der Waals surface area contributed by atoms with E-state index < -0.39 is 0 Å². The van der Waals surface area contributed by atoms with Crippen LogP contribution in [0.15, 0.2) is 0 Å². The van der Waals surface area contributed by atoms with Crippen molar-refractivity contribution in [3.8, 4) is 6.07 Å². The van der Waals surface area contributed by atoms with Gasteiger partial charge in [0.2, 0.25) is 0 Å². The molecule has 3 nitrogen and oxygen atoms in total. The van der Waals surface area contributed by atoms with Crippen LogP contribution in [-0.2, 0) is 0 Å². The van der Waals surface area contributed by atoms with Gasteiger partial charge in [0.05, 0.1) is 6.07 Å². The molecule has 2 rings (SSSR count). The van der Waals surface area contributed by atoms with Gasteiger partial charge in [-0.15, -0.1) is 0 Å². The first-order valence-corrected chi connectivity index (χ1v) is 8.46. The molecule has 1 aliphatic carbocycles. The van der Waals surface area contributed by atoms with Crippen molar-refractivity contribution < 1.29 is 0 Å². The number of nitriles is 1. The van der Waals surface area contributed by atoms with Crippen molar-refractivity contribution in [1.82, 2.24) is 10.2 Å². The number of hydrogen-bond donors (Lipinski definition) is 1. The molecule has 3 heteroatoms. The second-order valence-electron chi connectivity index (χ2n) is 7.20. The first-order valence-electron chi connectivity index (χ1n) is 8.46. The molecule has 1 atom stereocenters. The lowest BCUT2D eigenvalue weighted by molar-refractivity contribution is 0.233. The standard InChI is InChI=1S/C17H31N3/c1-4-17(5-2)10-12-20(14-17)11-6-9-16(3,13-18)19-15-7-8-15/h15,19H,4-12,14H2,1-3H3. The Hall–Kier alpha value is -0.590. The maximum Gasteiger partial charge on any atom is 0.104 e. The Labute approximate surface area is 124 Å². The van der Waals surface area contributed by atoms with Crippen LogP contribution in [0.25, 0.3) is 0 Å². The van der Waals surface area contributed by atoms with E-state index in [-0.39, 0.29) is 5.54 Å². The summed E-state index contributed by atoms with van der Waals surface area (Å²) in [5, 5.41) is 12.9. The molecular weight excluding hydrogens is 246 g/mol. The molecule has 0 aromatic carbocycles. The summed E-state index contributed by atoms with van der Waals surface area (Å²) in [6.07, 6.45) is 8.57. The molecule has 114 valence electrons. The van der Waals surface area contributed by atoms with Crippen LogP contribution < -0.4 is 5.32 Å². The highest BCUT2D eigenvalue weighted by molar-refractivity contribution is 5.07. The predicted molar refractivity (Wildman–Crippen MR) is 83.5 cm³/mol. The third-order valence-electron chi connectivity index (χ3n) is 5.52. The summed E-state index contributed by atoms with van der Waals surface area (Å²) < 4.78 is 0. The average Bonchev–Trinajstić information content (AvgIpc) is 3.17. The van der Waals surface area contributed by atoms with Crippen LogP contribution in [0.4, 0.5) is 0 Å². The molecule has 0 bridgehead atoms. The Balaban J connectivity index is 1.72. The third kappa shape index (κ3) is 3.96. The molecule has 1 heterocycles. The van der Waals surface area contributed by atoms with Crippen molar-refractivity contribution in [2.24, 2.45) is 5.41 Å². The van der Waals surface area contributed by atoms with Crippen LogP contribution in [0, 0.1) is 16.7 Å². The molecule has 1 unspecified atom stereocenters. The van der Waals surface area contributed by atoms with Crippen LogP contribution >= 0.6 is 0 Å². The van der Waals surface area contributed by atoms with E-state index in [1.807, 2.05) is 0 Å². The molecule has 2 fully saturated rings. The molecule has 0 amide bonds. The molecule has 1 saturated carbocycles. The fraction of sp³-hybridized carbons (Fsp3) is 0.941. The molecule has 0 aromatic heterocycles. The largest absolute Gasteiger partial charge is 0.303 e. The zero-order valence-electron chi connectivity index (χ0n) is 13.5. The predicted octanol–water partition coefficient (Wildman–Crippen LogP) is 3.31. The van der Waals surface area contributed by atoms with E-state index >= 15 is 0 Å². The smallest absolute Gasteiger partial charge is 0.104 e. The lowest BCUT2D eigenvalue weighted by atomic mass is 9.82. The number of likely N-dealkylation sites (tertiary alicyclic amines) is 1. The highest BCUT2D eigenvalue weighted by Gasteiger charge is 2.35. The van der Waals surface area contributed by atoms with Gasteiger partial charge < -0.3 is 4.90 Å². The minimum absolute atomic E-state index is 0.312. The maximum absolute atomic E-state index is 9.39. The summed E-state index contributed by atoms with van der Waals surface area (Å²) in [4.78, 5) is 2.61. The summed E-state index contributed by atoms with van der Waals surface area (Å²) in [6, 6.07) is 3.09. The van der Waals surface area contributed by atoms with Gasteiger partial charge >= 0.3 is 0 Å². The van der Waals surface area contributed by atoms with Gasteiger partial charge in [-0.3, -0.25) is 5.32 Å². The topological polar surface area (TPSA) is 39.1 Å². The maximum atomic E-state index is 9.39. The van der Waals surface area contributed by atoms with E-state index in [1.54, 1.807) is 0 Å². The number of rotatable bonds is 8. The van der Waals surface area contributed by atoms with Crippen molar-refractivity contribution >= 4 is 0 Å². The van der Waals surface area contributed by atoms with Gasteiger partial charge in [-0.1, -0.05) is 13.8 Å². The van der Waals surface area contributed by atoms with Crippen molar-refractivity contribution in [1.29, 1.82) is 5.26 Å². The molecule has 2 aliphatic rings. The monoisotopic (exact) mass is 277 g/mol. The zero-order valence-corrected chi connectivity index (χ0v) is 13.5. The summed E-state index contributed by atoms with van der Waals surface area (Å²) in [5.74, 6) is 0. The number of nitrogens with zero attached hydrogens (tertiary/aromatic N) is 2. The summed E-state index contributed by atoms with van der Waals surface area (Å²) in [6.45, 7) is 10.4. The first kappa shape index (κ1) is 15.8. The molecule has 1 aliphatic heterocycles. The number of nitrogens with one attached hydrogen (secondary N) is 1. The summed E-state index contributed by atoms with van der Waals surface area (Å²) in [7, 11) is 0. The Morgan fingerprint density at radius 1 is 1.35 bits per heavy atom. The second kappa shape index (κ2) is 6.45. The zero-order chi connectivity index (χ0) is 14.6. The minimum Gasteiger partial charge on any atom is -0.303 e. The fourth-order valence-electron chi connectivity index (χ4n) is 3.54. The lowest BCUT2D eigenvalue weighted by Crippen LogP contribution is -2.43. The average molecular weight is 277 g/mol. The molecule has 0 radical (unpaired) electrons. The van der Waals surface area contributed by atoms with Crippen molar-refractivity contribution in [3.63, 3.8) is 0 Å². The van der Waals surface area contributed by atoms with Crippen LogP contribution in [0.1, 0.15) is 65.7 Å². The van der Waals surface area contributed by atoms with Crippen LogP contribution in [0.2, 0.25) is 0 Å². The van der Waals surface area contributed by atoms with Gasteiger partial charge in [-0.25, -0.2) is 0 Å². The van der Waals surface area contributed by atoms with Gasteiger partial charge in [0.25, 0.3) is 0 Å². The summed E-state index contributed by atoms with van der Waals surface area (Å²) >= 11 is 0. The third-order valence-corrected chi connectivity index (χ3v) is 5.52. The van der Waals surface area contributed by atoms with Crippen LogP contribution in [0.5, 0.6) is 0 Å². The van der Waals surface area contributed by atoms with Crippen molar-refractivity contribution in [3.05, 3.63) is 0 Å². The van der Waals surface area contributed by atoms with Gasteiger partial charge in [0, 0.05) is 12.6 Å². The normalized spacial score (nSPS) is 25.3. The van der Waals surface area contributed by atoms with Crippen LogP contribution in [0.3, 0.4) is 0 Å². The first-order chi connectivity index (χ1) is 9.55. The molecular formula is C17H31N3. The molecule has 1 saturated heterocycles. The van der Waals surface area contributed by atoms with E-state index in [2.05, 4.69) is 37.1 Å². The molecule has 0 spiro atoms.